The molecule has 0 aromatic heterocycles. The summed E-state index contributed by atoms with van der Waals surface area (Å²) >= 11 is 3.16. The van der Waals surface area contributed by atoms with Crippen LogP contribution in [-0.2, 0) is 4.74 Å². The van der Waals surface area contributed by atoms with Gasteiger partial charge in [0, 0.05) is 11.0 Å². The highest BCUT2D eigenvalue weighted by Crippen LogP contribution is 2.22. The Morgan fingerprint density at radius 3 is 3.00 bits per heavy atom. The second kappa shape index (κ2) is 6.19. The molecule has 1 saturated heterocycles. The topological polar surface area (TPSA) is 88.2 Å². The Bertz CT molecular complexity index is 532. The Balaban J connectivity index is 2.21. The van der Waals surface area contributed by atoms with Crippen molar-refractivity contribution in [2.45, 2.75) is 6.10 Å². The van der Waals surface area contributed by atoms with Crippen molar-refractivity contribution < 1.29 is 19.1 Å². The molecular weight excluding hydrogens is 333 g/mol. The number of hydrogen-bond donors (Lipinski definition) is 2. The van der Waals surface area contributed by atoms with Gasteiger partial charge in [-0.25, -0.2) is 4.39 Å². The lowest BCUT2D eigenvalue weighted by molar-refractivity contribution is 0.00649. The molecule has 8 heteroatoms. The first-order valence-corrected chi connectivity index (χ1v) is 6.66. The summed E-state index contributed by atoms with van der Waals surface area (Å²) in [5.74, 6) is -1.18. The minimum atomic E-state index is -0.691. The number of benzene rings is 1. The van der Waals surface area contributed by atoms with E-state index in [1.54, 1.807) is 6.07 Å². The van der Waals surface area contributed by atoms with Gasteiger partial charge in [0.05, 0.1) is 18.7 Å². The third-order valence-electron chi connectivity index (χ3n) is 2.98. The Morgan fingerprint density at radius 2 is 2.35 bits per heavy atom. The molecule has 1 aliphatic heterocycles. The number of morpholine rings is 1. The van der Waals surface area contributed by atoms with Crippen LogP contribution < -0.4 is 5.73 Å². The first-order chi connectivity index (χ1) is 9.54. The van der Waals surface area contributed by atoms with Gasteiger partial charge >= 0.3 is 0 Å². The number of nitrogens with zero attached hydrogens (tertiary/aromatic N) is 2. The van der Waals surface area contributed by atoms with E-state index in [2.05, 4.69) is 21.1 Å². The standard InChI is InChI=1S/C12H13BrFN3O3/c13-7-2-1-3-8(14)10(7)12(18)17-4-5-20-9(6-17)11(15)16-19/h1-3,9,19H,4-6H2,(H2,15,16). The first-order valence-electron chi connectivity index (χ1n) is 5.87. The Morgan fingerprint density at radius 1 is 1.60 bits per heavy atom. The summed E-state index contributed by atoms with van der Waals surface area (Å²) in [6.45, 7) is 0.656. The van der Waals surface area contributed by atoms with Crippen molar-refractivity contribution in [3.05, 3.63) is 34.1 Å². The summed E-state index contributed by atoms with van der Waals surface area (Å²) in [7, 11) is 0. The molecule has 1 unspecified atom stereocenters. The summed E-state index contributed by atoms with van der Waals surface area (Å²) in [6.07, 6.45) is -0.691. The monoisotopic (exact) mass is 345 g/mol. The van der Waals surface area contributed by atoms with Gasteiger partial charge in [-0.1, -0.05) is 11.2 Å². The molecule has 1 heterocycles. The van der Waals surface area contributed by atoms with Crippen molar-refractivity contribution in [2.75, 3.05) is 19.7 Å². The molecule has 1 amide bonds. The molecule has 1 atom stereocenters. The third kappa shape index (κ3) is 2.91. The highest BCUT2D eigenvalue weighted by molar-refractivity contribution is 9.10. The van der Waals surface area contributed by atoms with Crippen molar-refractivity contribution in [3.63, 3.8) is 0 Å². The van der Waals surface area contributed by atoms with Crippen molar-refractivity contribution in [2.24, 2.45) is 10.9 Å². The van der Waals surface area contributed by atoms with Crippen molar-refractivity contribution in [3.8, 4) is 0 Å². The van der Waals surface area contributed by atoms with Crippen LogP contribution in [0.15, 0.2) is 27.8 Å². The molecule has 0 saturated carbocycles. The highest BCUT2D eigenvalue weighted by Gasteiger charge is 2.29. The van der Waals surface area contributed by atoms with Crippen LogP contribution in [0.25, 0.3) is 0 Å². The SMILES string of the molecule is N/C(=N/O)C1CN(C(=O)c2c(F)cccc2Br)CCO1. The lowest BCUT2D eigenvalue weighted by Gasteiger charge is -2.32. The van der Waals surface area contributed by atoms with Gasteiger partial charge in [-0.2, -0.15) is 0 Å². The predicted octanol–water partition coefficient (Wildman–Crippen LogP) is 1.18. The van der Waals surface area contributed by atoms with Crippen LogP contribution in [0.4, 0.5) is 4.39 Å². The van der Waals surface area contributed by atoms with Gasteiger partial charge in [-0.15, -0.1) is 0 Å². The van der Waals surface area contributed by atoms with Crippen LogP contribution in [0.2, 0.25) is 0 Å². The molecule has 1 fully saturated rings. The number of carbonyl (C=O) groups excluding carboxylic acids is 1. The van der Waals surface area contributed by atoms with Crippen molar-refractivity contribution in [1.82, 2.24) is 4.90 Å². The molecule has 0 radical (unpaired) electrons. The molecular formula is C12H13BrFN3O3. The number of ether oxygens (including phenoxy) is 1. The minimum Gasteiger partial charge on any atom is -0.409 e. The van der Waals surface area contributed by atoms with E-state index in [0.29, 0.717) is 11.0 Å². The van der Waals surface area contributed by atoms with Crippen LogP contribution in [0.3, 0.4) is 0 Å². The fraction of sp³-hybridized carbons (Fsp3) is 0.333. The molecule has 1 aromatic carbocycles. The van der Waals surface area contributed by atoms with Gasteiger partial charge in [0.1, 0.15) is 11.9 Å². The summed E-state index contributed by atoms with van der Waals surface area (Å²) in [4.78, 5) is 13.8. The Labute approximate surface area is 123 Å². The van der Waals surface area contributed by atoms with E-state index < -0.39 is 17.8 Å². The number of oxime groups is 1. The molecule has 108 valence electrons. The van der Waals surface area contributed by atoms with E-state index in [-0.39, 0.29) is 24.6 Å². The van der Waals surface area contributed by atoms with Crippen LogP contribution in [0.1, 0.15) is 10.4 Å². The quantitative estimate of drug-likeness (QED) is 0.364. The molecule has 2 rings (SSSR count). The van der Waals surface area contributed by atoms with Gasteiger partial charge in [-0.05, 0) is 28.1 Å². The molecule has 20 heavy (non-hydrogen) atoms. The average Bonchev–Trinajstić information content (AvgIpc) is 2.46. The smallest absolute Gasteiger partial charge is 0.258 e. The Kier molecular flexibility index (Phi) is 4.56. The maximum atomic E-state index is 13.8. The molecule has 0 spiro atoms. The van der Waals surface area contributed by atoms with Crippen molar-refractivity contribution in [1.29, 1.82) is 0 Å². The van der Waals surface area contributed by atoms with E-state index in [9.17, 15) is 9.18 Å². The van der Waals surface area contributed by atoms with Crippen LogP contribution >= 0.6 is 15.9 Å². The fourth-order valence-electron chi connectivity index (χ4n) is 1.94. The largest absolute Gasteiger partial charge is 0.409 e. The first kappa shape index (κ1) is 14.7. The molecule has 0 bridgehead atoms. The van der Waals surface area contributed by atoms with E-state index in [1.807, 2.05) is 0 Å². The molecule has 6 nitrogen and oxygen atoms in total. The van der Waals surface area contributed by atoms with Gasteiger partial charge in [0.2, 0.25) is 0 Å². The van der Waals surface area contributed by atoms with E-state index in [0.717, 1.165) is 0 Å². The zero-order valence-electron chi connectivity index (χ0n) is 10.4. The lowest BCUT2D eigenvalue weighted by atomic mass is 10.1. The summed E-state index contributed by atoms with van der Waals surface area (Å²) < 4.78 is 19.5. The molecule has 1 aliphatic rings. The van der Waals surface area contributed by atoms with Gasteiger partial charge in [0.25, 0.3) is 5.91 Å². The maximum Gasteiger partial charge on any atom is 0.258 e. The number of halogens is 2. The zero-order chi connectivity index (χ0) is 14.7. The zero-order valence-corrected chi connectivity index (χ0v) is 12.0. The second-order valence-electron chi connectivity index (χ2n) is 4.23. The average molecular weight is 346 g/mol. The fourth-order valence-corrected chi connectivity index (χ4v) is 2.45. The van der Waals surface area contributed by atoms with E-state index >= 15 is 0 Å². The number of amidine groups is 1. The maximum absolute atomic E-state index is 13.8. The number of amides is 1. The normalized spacial score (nSPS) is 20.0. The Hall–Kier alpha value is -1.67. The number of nitrogens with two attached hydrogens (primary N) is 1. The lowest BCUT2D eigenvalue weighted by Crippen LogP contribution is -2.50. The van der Waals surface area contributed by atoms with Crippen molar-refractivity contribution >= 4 is 27.7 Å². The van der Waals surface area contributed by atoms with Crippen LogP contribution in [0.5, 0.6) is 0 Å². The third-order valence-corrected chi connectivity index (χ3v) is 3.64. The molecule has 1 aromatic rings. The van der Waals surface area contributed by atoms with E-state index in [1.165, 1.54) is 17.0 Å². The summed E-state index contributed by atoms with van der Waals surface area (Å²) in [6, 6.07) is 4.33. The number of rotatable bonds is 2. The number of hydrogen-bond acceptors (Lipinski definition) is 4. The molecule has 0 aliphatic carbocycles. The predicted molar refractivity (Wildman–Crippen MR) is 73.2 cm³/mol. The van der Waals surface area contributed by atoms with Gasteiger partial charge in [-0.3, -0.25) is 4.79 Å². The van der Waals surface area contributed by atoms with E-state index in [4.69, 9.17) is 15.7 Å². The van der Waals surface area contributed by atoms with Gasteiger partial charge < -0.3 is 20.6 Å². The van der Waals surface area contributed by atoms with Crippen LogP contribution in [-0.4, -0.2) is 47.7 Å². The van der Waals surface area contributed by atoms with Crippen LogP contribution in [0, 0.1) is 5.82 Å². The number of carbonyl (C=O) groups is 1. The molecule has 3 N–H and O–H groups in total. The summed E-state index contributed by atoms with van der Waals surface area (Å²) in [5, 5.41) is 11.5. The minimum absolute atomic E-state index is 0.0346. The highest BCUT2D eigenvalue weighted by atomic mass is 79.9. The second-order valence-corrected chi connectivity index (χ2v) is 5.09. The van der Waals surface area contributed by atoms with Gasteiger partial charge in [0.15, 0.2) is 5.84 Å². The summed E-state index contributed by atoms with van der Waals surface area (Å²) in [5.41, 5.74) is 5.43.